The largest absolute Gasteiger partial charge is 0.489 e. The highest BCUT2D eigenvalue weighted by atomic mass is 127. The topological polar surface area (TPSA) is 47.0 Å². The van der Waals surface area contributed by atoms with Crippen LogP contribution in [0, 0.1) is 3.57 Å². The predicted molar refractivity (Wildman–Crippen MR) is 118 cm³/mol. The lowest BCUT2D eigenvalue weighted by Gasteiger charge is -2.11. The number of fused-ring (bicyclic) bond motifs is 1. The second-order valence-electron chi connectivity index (χ2n) is 5.91. The summed E-state index contributed by atoms with van der Waals surface area (Å²) in [5.74, 6) is 1.56. The molecule has 4 nitrogen and oxygen atoms in total. The molecule has 0 aliphatic carbocycles. The standard InChI is InChI=1S/C21H15ClIN3O/c22-19-4-2-1-3-14(19)12-27-17-8-6-16(7-9-17)26-21-18-11-15(23)5-10-20(18)24-13-25-21/h1-11,13H,12H2,(H,24,25,26). The Balaban J connectivity index is 1.48. The van der Waals surface area contributed by atoms with Crippen LogP contribution in [0.3, 0.4) is 0 Å². The van der Waals surface area contributed by atoms with E-state index < -0.39 is 0 Å². The molecule has 0 aliphatic rings. The van der Waals surface area contributed by atoms with E-state index in [2.05, 4.69) is 43.9 Å². The van der Waals surface area contributed by atoms with Gasteiger partial charge in [0.25, 0.3) is 0 Å². The minimum absolute atomic E-state index is 0.432. The molecular weight excluding hydrogens is 473 g/mol. The van der Waals surface area contributed by atoms with Crippen molar-refractivity contribution in [3.63, 3.8) is 0 Å². The number of hydrogen-bond donors (Lipinski definition) is 1. The molecule has 0 spiro atoms. The van der Waals surface area contributed by atoms with E-state index in [9.17, 15) is 0 Å². The Bertz CT molecular complexity index is 1090. The number of aromatic nitrogens is 2. The van der Waals surface area contributed by atoms with Crippen LogP contribution < -0.4 is 10.1 Å². The first kappa shape index (κ1) is 18.0. The van der Waals surface area contributed by atoms with E-state index in [4.69, 9.17) is 16.3 Å². The zero-order chi connectivity index (χ0) is 18.6. The van der Waals surface area contributed by atoms with Crippen LogP contribution in [0.4, 0.5) is 11.5 Å². The van der Waals surface area contributed by atoms with Crippen LogP contribution in [0.25, 0.3) is 10.9 Å². The molecule has 3 aromatic carbocycles. The zero-order valence-electron chi connectivity index (χ0n) is 14.2. The van der Waals surface area contributed by atoms with Gasteiger partial charge >= 0.3 is 0 Å². The van der Waals surface area contributed by atoms with Crippen molar-refractivity contribution in [3.05, 3.63) is 87.2 Å². The Morgan fingerprint density at radius 2 is 1.78 bits per heavy atom. The van der Waals surface area contributed by atoms with Gasteiger partial charge in [0.2, 0.25) is 0 Å². The fourth-order valence-electron chi connectivity index (χ4n) is 2.68. The maximum atomic E-state index is 6.16. The highest BCUT2D eigenvalue weighted by Crippen LogP contribution is 2.26. The Hall–Kier alpha value is -2.38. The van der Waals surface area contributed by atoms with Gasteiger partial charge in [-0.1, -0.05) is 29.8 Å². The van der Waals surface area contributed by atoms with Gasteiger partial charge in [0, 0.05) is 25.2 Å². The number of rotatable bonds is 5. The number of ether oxygens (including phenoxy) is 1. The van der Waals surface area contributed by atoms with Crippen molar-refractivity contribution in [2.75, 3.05) is 5.32 Å². The fraction of sp³-hybridized carbons (Fsp3) is 0.0476. The first-order valence-corrected chi connectivity index (χ1v) is 9.78. The Kier molecular flexibility index (Phi) is 5.40. The van der Waals surface area contributed by atoms with Crippen LogP contribution >= 0.6 is 34.2 Å². The van der Waals surface area contributed by atoms with Gasteiger partial charge in [0.05, 0.1) is 5.52 Å². The second-order valence-corrected chi connectivity index (χ2v) is 7.57. The molecule has 0 fully saturated rings. The normalized spacial score (nSPS) is 10.7. The molecular formula is C21H15ClIN3O. The van der Waals surface area contributed by atoms with Crippen LogP contribution in [0.5, 0.6) is 5.75 Å². The molecule has 134 valence electrons. The Labute approximate surface area is 175 Å². The molecule has 0 radical (unpaired) electrons. The molecule has 6 heteroatoms. The third-order valence-electron chi connectivity index (χ3n) is 4.07. The van der Waals surface area contributed by atoms with E-state index in [0.717, 1.165) is 37.3 Å². The van der Waals surface area contributed by atoms with E-state index in [-0.39, 0.29) is 0 Å². The summed E-state index contributed by atoms with van der Waals surface area (Å²) in [6.45, 7) is 0.432. The molecule has 1 N–H and O–H groups in total. The molecule has 0 unspecified atom stereocenters. The van der Waals surface area contributed by atoms with Crippen molar-refractivity contribution in [2.24, 2.45) is 0 Å². The first-order valence-electron chi connectivity index (χ1n) is 8.32. The summed E-state index contributed by atoms with van der Waals surface area (Å²) in [7, 11) is 0. The van der Waals surface area contributed by atoms with Gasteiger partial charge < -0.3 is 10.1 Å². The minimum atomic E-state index is 0.432. The van der Waals surface area contributed by atoms with Crippen LogP contribution in [0.15, 0.2) is 73.1 Å². The van der Waals surface area contributed by atoms with Crippen LogP contribution in [0.1, 0.15) is 5.56 Å². The number of halogens is 2. The molecule has 0 saturated carbocycles. The third kappa shape index (κ3) is 4.31. The quantitative estimate of drug-likeness (QED) is 0.340. The molecule has 0 bridgehead atoms. The van der Waals surface area contributed by atoms with Gasteiger partial charge in [0.1, 0.15) is 24.5 Å². The SMILES string of the molecule is Clc1ccccc1COc1ccc(Nc2ncnc3ccc(I)cc23)cc1. The van der Waals surface area contributed by atoms with Gasteiger partial charge in [-0.3, -0.25) is 0 Å². The maximum absolute atomic E-state index is 6.16. The first-order chi connectivity index (χ1) is 13.2. The van der Waals surface area contributed by atoms with E-state index in [1.54, 1.807) is 6.33 Å². The maximum Gasteiger partial charge on any atom is 0.141 e. The van der Waals surface area contributed by atoms with Gasteiger partial charge in [0.15, 0.2) is 0 Å². The zero-order valence-corrected chi connectivity index (χ0v) is 17.1. The number of nitrogens with one attached hydrogen (secondary N) is 1. The fourth-order valence-corrected chi connectivity index (χ4v) is 3.36. The summed E-state index contributed by atoms with van der Waals surface area (Å²) >= 11 is 8.45. The highest BCUT2D eigenvalue weighted by molar-refractivity contribution is 14.1. The lowest BCUT2D eigenvalue weighted by atomic mass is 10.2. The molecule has 4 aromatic rings. The smallest absolute Gasteiger partial charge is 0.141 e. The molecule has 1 heterocycles. The van der Waals surface area contributed by atoms with E-state index in [0.29, 0.717) is 11.6 Å². The Morgan fingerprint density at radius 1 is 0.963 bits per heavy atom. The highest BCUT2D eigenvalue weighted by Gasteiger charge is 2.06. The number of benzene rings is 3. The average molecular weight is 488 g/mol. The molecule has 1 aromatic heterocycles. The molecule has 0 amide bonds. The summed E-state index contributed by atoms with van der Waals surface area (Å²) < 4.78 is 6.97. The predicted octanol–water partition coefficient (Wildman–Crippen LogP) is 6.21. The number of nitrogens with zero attached hydrogens (tertiary/aromatic N) is 2. The van der Waals surface area contributed by atoms with Crippen molar-refractivity contribution in [1.82, 2.24) is 9.97 Å². The van der Waals surface area contributed by atoms with Crippen molar-refractivity contribution in [1.29, 1.82) is 0 Å². The molecule has 27 heavy (non-hydrogen) atoms. The monoisotopic (exact) mass is 487 g/mol. The van der Waals surface area contributed by atoms with Gasteiger partial charge in [-0.2, -0.15) is 0 Å². The van der Waals surface area contributed by atoms with Crippen molar-refractivity contribution < 1.29 is 4.74 Å². The molecule has 0 aliphatic heterocycles. The number of anilines is 2. The Morgan fingerprint density at radius 3 is 2.59 bits per heavy atom. The van der Waals surface area contributed by atoms with Gasteiger partial charge in [-0.05, 0) is 71.1 Å². The molecule has 0 saturated heterocycles. The minimum Gasteiger partial charge on any atom is -0.489 e. The summed E-state index contributed by atoms with van der Waals surface area (Å²) in [5.41, 5.74) is 2.80. The molecule has 4 rings (SSSR count). The summed E-state index contributed by atoms with van der Waals surface area (Å²) in [6, 6.07) is 21.5. The van der Waals surface area contributed by atoms with Crippen LogP contribution in [-0.4, -0.2) is 9.97 Å². The van der Waals surface area contributed by atoms with Crippen molar-refractivity contribution in [2.45, 2.75) is 6.61 Å². The average Bonchev–Trinajstić information content (AvgIpc) is 2.69. The third-order valence-corrected chi connectivity index (χ3v) is 5.11. The van der Waals surface area contributed by atoms with Crippen molar-refractivity contribution in [3.8, 4) is 5.75 Å². The number of hydrogen-bond acceptors (Lipinski definition) is 4. The van der Waals surface area contributed by atoms with Crippen LogP contribution in [-0.2, 0) is 6.61 Å². The van der Waals surface area contributed by atoms with Crippen LogP contribution in [0.2, 0.25) is 5.02 Å². The van der Waals surface area contributed by atoms with E-state index in [1.165, 1.54) is 0 Å². The van der Waals surface area contributed by atoms with E-state index >= 15 is 0 Å². The lowest BCUT2D eigenvalue weighted by molar-refractivity contribution is 0.306. The van der Waals surface area contributed by atoms with E-state index in [1.807, 2.05) is 60.7 Å². The summed E-state index contributed by atoms with van der Waals surface area (Å²) in [5, 5.41) is 5.05. The van der Waals surface area contributed by atoms with Gasteiger partial charge in [-0.25, -0.2) is 9.97 Å². The second kappa shape index (κ2) is 8.10. The summed E-state index contributed by atoms with van der Waals surface area (Å²) in [6.07, 6.45) is 1.57. The lowest BCUT2D eigenvalue weighted by Crippen LogP contribution is -1.98. The summed E-state index contributed by atoms with van der Waals surface area (Å²) in [4.78, 5) is 8.69. The molecule has 0 atom stereocenters. The van der Waals surface area contributed by atoms with Crippen molar-refractivity contribution >= 4 is 56.6 Å². The van der Waals surface area contributed by atoms with Gasteiger partial charge in [-0.15, -0.1) is 0 Å².